The number of hydrogen-bond donors (Lipinski definition) is 2. The Bertz CT molecular complexity index is 891. The van der Waals surface area contributed by atoms with E-state index in [0.717, 1.165) is 6.07 Å². The van der Waals surface area contributed by atoms with E-state index in [-0.39, 0.29) is 11.3 Å². The Morgan fingerprint density at radius 1 is 0.966 bits per heavy atom. The molecule has 2 rings (SSSR count). The van der Waals surface area contributed by atoms with Crippen LogP contribution in [-0.2, 0) is 14.3 Å². The van der Waals surface area contributed by atoms with Crippen molar-refractivity contribution in [1.29, 1.82) is 0 Å². The van der Waals surface area contributed by atoms with E-state index in [0.29, 0.717) is 5.69 Å². The average molecular weight is 402 g/mol. The number of anilines is 2. The van der Waals surface area contributed by atoms with Crippen LogP contribution in [-0.4, -0.2) is 29.7 Å². The largest absolute Gasteiger partial charge is 0.449 e. The Labute approximate surface area is 168 Å². The van der Waals surface area contributed by atoms with Gasteiger partial charge in [0.1, 0.15) is 11.4 Å². The number of rotatable bonds is 5. The second-order valence-corrected chi connectivity index (χ2v) is 7.25. The van der Waals surface area contributed by atoms with Crippen molar-refractivity contribution < 1.29 is 28.2 Å². The van der Waals surface area contributed by atoms with Crippen LogP contribution in [0.4, 0.5) is 20.6 Å². The van der Waals surface area contributed by atoms with Gasteiger partial charge in [-0.3, -0.25) is 10.1 Å². The SMILES string of the molecule is C[C@@H](OC(=O)c1ccc(NC(=O)OC(C)(C)C)cc1)C(=O)Nc1cccc(F)c1. The molecule has 0 bridgehead atoms. The van der Waals surface area contributed by atoms with Crippen LogP contribution >= 0.6 is 0 Å². The van der Waals surface area contributed by atoms with Crippen LogP contribution in [0.25, 0.3) is 0 Å². The number of ether oxygens (including phenoxy) is 2. The molecule has 8 heteroatoms. The molecule has 0 aliphatic heterocycles. The molecule has 7 nitrogen and oxygen atoms in total. The molecule has 0 saturated heterocycles. The minimum absolute atomic E-state index is 0.199. The fourth-order valence-electron chi connectivity index (χ4n) is 2.20. The summed E-state index contributed by atoms with van der Waals surface area (Å²) in [6.45, 7) is 6.65. The molecule has 0 spiro atoms. The second-order valence-electron chi connectivity index (χ2n) is 7.25. The van der Waals surface area contributed by atoms with Gasteiger partial charge < -0.3 is 14.8 Å². The summed E-state index contributed by atoms with van der Waals surface area (Å²) < 4.78 is 23.4. The lowest BCUT2D eigenvalue weighted by Gasteiger charge is -2.19. The van der Waals surface area contributed by atoms with Gasteiger partial charge in [-0.15, -0.1) is 0 Å². The molecular weight excluding hydrogens is 379 g/mol. The van der Waals surface area contributed by atoms with E-state index in [9.17, 15) is 18.8 Å². The zero-order chi connectivity index (χ0) is 21.6. The molecule has 0 heterocycles. The molecule has 0 aliphatic rings. The minimum Gasteiger partial charge on any atom is -0.449 e. The van der Waals surface area contributed by atoms with Crippen molar-refractivity contribution >= 4 is 29.3 Å². The predicted molar refractivity (Wildman–Crippen MR) is 106 cm³/mol. The van der Waals surface area contributed by atoms with Crippen molar-refractivity contribution in [1.82, 2.24) is 0 Å². The highest BCUT2D eigenvalue weighted by Crippen LogP contribution is 2.15. The molecule has 0 saturated carbocycles. The number of hydrogen-bond acceptors (Lipinski definition) is 5. The van der Waals surface area contributed by atoms with Gasteiger partial charge in [-0.25, -0.2) is 14.0 Å². The van der Waals surface area contributed by atoms with E-state index in [2.05, 4.69) is 10.6 Å². The van der Waals surface area contributed by atoms with Gasteiger partial charge in [0.25, 0.3) is 5.91 Å². The quantitative estimate of drug-likeness (QED) is 0.725. The maximum Gasteiger partial charge on any atom is 0.412 e. The lowest BCUT2D eigenvalue weighted by atomic mass is 10.2. The summed E-state index contributed by atoms with van der Waals surface area (Å²) in [6, 6.07) is 11.3. The molecule has 0 aromatic heterocycles. The van der Waals surface area contributed by atoms with Crippen molar-refractivity contribution in [2.24, 2.45) is 0 Å². The van der Waals surface area contributed by atoms with Gasteiger partial charge >= 0.3 is 12.1 Å². The number of nitrogens with one attached hydrogen (secondary N) is 2. The number of esters is 1. The van der Waals surface area contributed by atoms with Gasteiger partial charge in [0.2, 0.25) is 0 Å². The Kier molecular flexibility index (Phi) is 6.93. The van der Waals surface area contributed by atoms with Crippen LogP contribution in [0, 0.1) is 5.82 Å². The van der Waals surface area contributed by atoms with E-state index < -0.39 is 35.5 Å². The molecule has 0 unspecified atom stereocenters. The molecule has 2 aromatic carbocycles. The first kappa shape index (κ1) is 21.9. The fraction of sp³-hybridized carbons (Fsp3) is 0.286. The van der Waals surface area contributed by atoms with Crippen molar-refractivity contribution in [2.75, 3.05) is 10.6 Å². The topological polar surface area (TPSA) is 93.7 Å². The summed E-state index contributed by atoms with van der Waals surface area (Å²) in [5, 5.41) is 5.02. The summed E-state index contributed by atoms with van der Waals surface area (Å²) in [7, 11) is 0. The number of halogens is 1. The van der Waals surface area contributed by atoms with Crippen molar-refractivity contribution in [3.8, 4) is 0 Å². The number of amides is 2. The van der Waals surface area contributed by atoms with Crippen LogP contribution in [0.5, 0.6) is 0 Å². The van der Waals surface area contributed by atoms with E-state index in [4.69, 9.17) is 9.47 Å². The normalized spacial score (nSPS) is 11.9. The molecule has 2 aromatic rings. The summed E-state index contributed by atoms with van der Waals surface area (Å²) in [6.07, 6.45) is -1.71. The smallest absolute Gasteiger partial charge is 0.412 e. The summed E-state index contributed by atoms with van der Waals surface area (Å²) in [5.74, 6) is -1.80. The summed E-state index contributed by atoms with van der Waals surface area (Å²) in [5.41, 5.74) is 0.268. The first-order chi connectivity index (χ1) is 13.5. The number of benzene rings is 2. The average Bonchev–Trinajstić information content (AvgIpc) is 2.60. The van der Waals surface area contributed by atoms with Gasteiger partial charge in [0.15, 0.2) is 6.10 Å². The molecule has 0 aliphatic carbocycles. The van der Waals surface area contributed by atoms with Crippen LogP contribution in [0.2, 0.25) is 0 Å². The van der Waals surface area contributed by atoms with Crippen LogP contribution in [0.15, 0.2) is 48.5 Å². The van der Waals surface area contributed by atoms with Crippen molar-refractivity contribution in [3.63, 3.8) is 0 Å². The monoisotopic (exact) mass is 402 g/mol. The minimum atomic E-state index is -1.09. The third-order valence-corrected chi connectivity index (χ3v) is 3.51. The number of carbonyl (C=O) groups is 3. The number of carbonyl (C=O) groups excluding carboxylic acids is 3. The highest BCUT2D eigenvalue weighted by atomic mass is 19.1. The van der Waals surface area contributed by atoms with Gasteiger partial charge in [0, 0.05) is 11.4 Å². The van der Waals surface area contributed by atoms with E-state index >= 15 is 0 Å². The van der Waals surface area contributed by atoms with Crippen LogP contribution in [0.1, 0.15) is 38.1 Å². The predicted octanol–water partition coefficient (Wildman–Crippen LogP) is 4.36. The lowest BCUT2D eigenvalue weighted by molar-refractivity contribution is -0.123. The fourth-order valence-corrected chi connectivity index (χ4v) is 2.20. The van der Waals surface area contributed by atoms with Crippen molar-refractivity contribution in [2.45, 2.75) is 39.4 Å². The summed E-state index contributed by atoms with van der Waals surface area (Å²) >= 11 is 0. The molecule has 2 N–H and O–H groups in total. The van der Waals surface area contributed by atoms with Gasteiger partial charge in [-0.1, -0.05) is 6.07 Å². The maximum atomic E-state index is 13.2. The third kappa shape index (κ3) is 7.25. The Hall–Kier alpha value is -3.42. The zero-order valence-corrected chi connectivity index (χ0v) is 16.6. The standard InChI is InChI=1S/C21H23FN2O5/c1-13(18(25)23-17-7-5-6-15(22)12-17)28-19(26)14-8-10-16(11-9-14)24-20(27)29-21(2,3)4/h5-13H,1-4H3,(H,23,25)(H,24,27)/t13-/m1/s1. The highest BCUT2D eigenvalue weighted by molar-refractivity contribution is 5.97. The first-order valence-corrected chi connectivity index (χ1v) is 8.91. The van der Waals surface area contributed by atoms with Gasteiger partial charge in [-0.05, 0) is 70.2 Å². The molecule has 29 heavy (non-hydrogen) atoms. The summed E-state index contributed by atoms with van der Waals surface area (Å²) in [4.78, 5) is 36.1. The van der Waals surface area contributed by atoms with Crippen molar-refractivity contribution in [3.05, 3.63) is 59.9 Å². The molecule has 1 atom stereocenters. The Morgan fingerprint density at radius 3 is 2.21 bits per heavy atom. The zero-order valence-electron chi connectivity index (χ0n) is 16.6. The molecule has 154 valence electrons. The highest BCUT2D eigenvalue weighted by Gasteiger charge is 2.20. The maximum absolute atomic E-state index is 13.2. The van der Waals surface area contributed by atoms with Crippen LogP contribution < -0.4 is 10.6 Å². The van der Waals surface area contributed by atoms with E-state index in [1.165, 1.54) is 49.4 Å². The molecule has 2 amide bonds. The van der Waals surface area contributed by atoms with E-state index in [1.807, 2.05) is 0 Å². The van der Waals surface area contributed by atoms with Gasteiger partial charge in [-0.2, -0.15) is 0 Å². The van der Waals surface area contributed by atoms with Gasteiger partial charge in [0.05, 0.1) is 5.56 Å². The van der Waals surface area contributed by atoms with Crippen LogP contribution in [0.3, 0.4) is 0 Å². The Balaban J connectivity index is 1.91. The molecule has 0 radical (unpaired) electrons. The third-order valence-electron chi connectivity index (χ3n) is 3.51. The molecular formula is C21H23FN2O5. The lowest BCUT2D eigenvalue weighted by Crippen LogP contribution is -2.30. The first-order valence-electron chi connectivity index (χ1n) is 8.91. The Morgan fingerprint density at radius 2 is 1.62 bits per heavy atom. The van der Waals surface area contributed by atoms with E-state index in [1.54, 1.807) is 20.8 Å². The second kappa shape index (κ2) is 9.18. The molecule has 0 fully saturated rings.